The molecule has 0 radical (unpaired) electrons. The number of nitrogens with zero attached hydrogens (tertiary/aromatic N) is 1. The van der Waals surface area contributed by atoms with Crippen LogP contribution in [0.25, 0.3) is 0 Å². The smallest absolute Gasteiger partial charge is 0.313 e. The largest absolute Gasteiger partial charge is 0.416 e. The van der Waals surface area contributed by atoms with E-state index in [9.17, 15) is 13.2 Å². The Morgan fingerprint density at radius 1 is 1.14 bits per heavy atom. The summed E-state index contributed by atoms with van der Waals surface area (Å²) < 4.78 is 38.6. The highest BCUT2D eigenvalue weighted by molar-refractivity contribution is 9.10. The highest BCUT2D eigenvalue weighted by atomic mass is 79.9. The van der Waals surface area contributed by atoms with Crippen molar-refractivity contribution in [3.8, 4) is 0 Å². The van der Waals surface area contributed by atoms with E-state index in [1.165, 1.54) is 12.1 Å². The van der Waals surface area contributed by atoms with Crippen LogP contribution in [0.2, 0.25) is 0 Å². The van der Waals surface area contributed by atoms with Gasteiger partial charge in [0.2, 0.25) is 0 Å². The zero-order chi connectivity index (χ0) is 15.5. The number of benzene rings is 1. The van der Waals surface area contributed by atoms with Crippen LogP contribution < -0.4 is 5.32 Å². The Labute approximate surface area is 129 Å². The molecule has 0 fully saturated rings. The molecule has 0 saturated carbocycles. The Balaban J connectivity index is 2.15. The number of hydrogen-bond donors (Lipinski definition) is 1. The second-order valence-corrected chi connectivity index (χ2v) is 5.55. The van der Waals surface area contributed by atoms with Crippen molar-refractivity contribution in [2.24, 2.45) is 0 Å². The lowest BCUT2D eigenvalue weighted by Crippen LogP contribution is -2.19. The Morgan fingerprint density at radius 3 is 2.29 bits per heavy atom. The van der Waals surface area contributed by atoms with Crippen molar-refractivity contribution in [1.29, 1.82) is 0 Å². The maximum atomic E-state index is 12.6. The third-order valence-corrected chi connectivity index (χ3v) is 3.66. The van der Waals surface area contributed by atoms with Gasteiger partial charge in [0.05, 0.1) is 5.56 Å². The monoisotopic (exact) mass is 358 g/mol. The number of rotatable bonds is 4. The van der Waals surface area contributed by atoms with Gasteiger partial charge in [0.25, 0.3) is 0 Å². The lowest BCUT2D eigenvalue weighted by molar-refractivity contribution is -0.137. The van der Waals surface area contributed by atoms with Gasteiger partial charge in [-0.2, -0.15) is 13.2 Å². The van der Waals surface area contributed by atoms with Crippen LogP contribution in [-0.4, -0.2) is 12.0 Å². The van der Waals surface area contributed by atoms with Crippen molar-refractivity contribution in [1.82, 2.24) is 10.3 Å². The van der Waals surface area contributed by atoms with Crippen molar-refractivity contribution >= 4 is 15.9 Å². The first-order valence-electron chi connectivity index (χ1n) is 6.35. The Morgan fingerprint density at radius 2 is 1.81 bits per heavy atom. The van der Waals surface area contributed by atoms with Gasteiger partial charge in [0.1, 0.15) is 0 Å². The fourth-order valence-electron chi connectivity index (χ4n) is 2.03. The molecule has 2 rings (SSSR count). The van der Waals surface area contributed by atoms with Gasteiger partial charge in [-0.3, -0.25) is 4.98 Å². The Bertz CT molecular complexity index is 579. The van der Waals surface area contributed by atoms with Crippen molar-refractivity contribution in [3.05, 3.63) is 63.9 Å². The summed E-state index contributed by atoms with van der Waals surface area (Å²) in [6, 6.07) is 8.91. The summed E-state index contributed by atoms with van der Waals surface area (Å²) in [5.74, 6) is 0. The van der Waals surface area contributed by atoms with Crippen LogP contribution in [0.5, 0.6) is 0 Å². The van der Waals surface area contributed by atoms with Gasteiger partial charge >= 0.3 is 6.18 Å². The molecule has 1 aromatic heterocycles. The molecule has 2 aromatic rings. The lowest BCUT2D eigenvalue weighted by Gasteiger charge is -2.17. The molecule has 1 heterocycles. The molecule has 1 atom stereocenters. The highest BCUT2D eigenvalue weighted by Crippen LogP contribution is 2.30. The topological polar surface area (TPSA) is 24.9 Å². The molecule has 6 heteroatoms. The number of halogens is 4. The van der Waals surface area contributed by atoms with Crippen molar-refractivity contribution in [2.75, 3.05) is 7.05 Å². The van der Waals surface area contributed by atoms with E-state index in [1.54, 1.807) is 13.2 Å². The normalized spacial score (nSPS) is 13.2. The minimum atomic E-state index is -4.30. The SMILES string of the molecule is CNC(Cc1ccc(Br)cn1)c1ccc(C(F)(F)F)cc1. The van der Waals surface area contributed by atoms with Crippen LogP contribution in [0.1, 0.15) is 22.9 Å². The fraction of sp³-hybridized carbons (Fsp3) is 0.267. The summed E-state index contributed by atoms with van der Waals surface area (Å²) in [5.41, 5.74) is 1.04. The van der Waals surface area contributed by atoms with E-state index < -0.39 is 11.7 Å². The van der Waals surface area contributed by atoms with Gasteiger partial charge in [-0.15, -0.1) is 0 Å². The minimum absolute atomic E-state index is 0.0824. The predicted octanol–water partition coefficient (Wildman–Crippen LogP) is 4.37. The quantitative estimate of drug-likeness (QED) is 0.877. The third kappa shape index (κ3) is 4.28. The molecule has 1 aromatic carbocycles. The summed E-state index contributed by atoms with van der Waals surface area (Å²) in [6.07, 6.45) is -2.00. The van der Waals surface area contributed by atoms with Crippen LogP contribution in [0, 0.1) is 0 Å². The minimum Gasteiger partial charge on any atom is -0.313 e. The van der Waals surface area contributed by atoms with Gasteiger partial charge < -0.3 is 5.32 Å². The third-order valence-electron chi connectivity index (χ3n) is 3.19. The standard InChI is InChI=1S/C15H14BrF3N2/c1-20-14(8-13-7-6-12(16)9-21-13)10-2-4-11(5-3-10)15(17,18)19/h2-7,9,14,20H,8H2,1H3. The van der Waals surface area contributed by atoms with Crippen molar-refractivity contribution in [2.45, 2.75) is 18.6 Å². The predicted molar refractivity (Wildman–Crippen MR) is 78.9 cm³/mol. The van der Waals surface area contributed by atoms with Gasteiger partial charge in [0.15, 0.2) is 0 Å². The first-order chi connectivity index (χ1) is 9.90. The zero-order valence-corrected chi connectivity index (χ0v) is 12.9. The Kier molecular flexibility index (Phi) is 5.00. The molecular formula is C15H14BrF3N2. The summed E-state index contributed by atoms with van der Waals surface area (Å²) in [7, 11) is 1.78. The van der Waals surface area contributed by atoms with Crippen molar-refractivity contribution in [3.63, 3.8) is 0 Å². The van der Waals surface area contributed by atoms with E-state index in [4.69, 9.17) is 0 Å². The first-order valence-corrected chi connectivity index (χ1v) is 7.14. The van der Waals surface area contributed by atoms with E-state index in [0.29, 0.717) is 6.42 Å². The molecule has 0 aliphatic carbocycles. The number of hydrogen-bond acceptors (Lipinski definition) is 2. The number of pyridine rings is 1. The molecule has 2 nitrogen and oxygen atoms in total. The molecule has 1 N–H and O–H groups in total. The van der Waals surface area contributed by atoms with E-state index in [0.717, 1.165) is 27.9 Å². The highest BCUT2D eigenvalue weighted by Gasteiger charge is 2.30. The molecule has 0 bridgehead atoms. The van der Waals surface area contributed by atoms with E-state index in [-0.39, 0.29) is 6.04 Å². The number of aromatic nitrogens is 1. The van der Waals surface area contributed by atoms with Crippen molar-refractivity contribution < 1.29 is 13.2 Å². The average molecular weight is 359 g/mol. The van der Waals surface area contributed by atoms with E-state index in [1.807, 2.05) is 12.1 Å². The van der Waals surface area contributed by atoms with Crippen LogP contribution in [-0.2, 0) is 12.6 Å². The van der Waals surface area contributed by atoms with Gasteiger partial charge in [-0.25, -0.2) is 0 Å². The Hall–Kier alpha value is -1.40. The second kappa shape index (κ2) is 6.58. The first kappa shape index (κ1) is 16.0. The average Bonchev–Trinajstić information content (AvgIpc) is 2.46. The second-order valence-electron chi connectivity index (χ2n) is 4.63. The van der Waals surface area contributed by atoms with Gasteiger partial charge in [-0.1, -0.05) is 12.1 Å². The summed E-state index contributed by atoms with van der Waals surface area (Å²) >= 11 is 3.32. The molecule has 112 valence electrons. The maximum Gasteiger partial charge on any atom is 0.416 e. The number of likely N-dealkylation sites (N-methyl/N-ethyl adjacent to an activating group) is 1. The molecular weight excluding hydrogens is 345 g/mol. The molecule has 0 spiro atoms. The zero-order valence-electron chi connectivity index (χ0n) is 11.3. The van der Waals surface area contributed by atoms with Crippen LogP contribution >= 0.6 is 15.9 Å². The summed E-state index contributed by atoms with van der Waals surface area (Å²) in [5, 5.41) is 3.11. The van der Waals surface area contributed by atoms with Crippen LogP contribution in [0.15, 0.2) is 47.1 Å². The summed E-state index contributed by atoms with van der Waals surface area (Å²) in [4.78, 5) is 4.28. The molecule has 1 unspecified atom stereocenters. The lowest BCUT2D eigenvalue weighted by atomic mass is 10.0. The summed E-state index contributed by atoms with van der Waals surface area (Å²) in [6.45, 7) is 0. The van der Waals surface area contributed by atoms with Gasteiger partial charge in [-0.05, 0) is 52.8 Å². The van der Waals surface area contributed by atoms with E-state index >= 15 is 0 Å². The maximum absolute atomic E-state index is 12.6. The molecule has 0 saturated heterocycles. The molecule has 0 aliphatic heterocycles. The number of alkyl halides is 3. The fourth-order valence-corrected chi connectivity index (χ4v) is 2.26. The molecule has 21 heavy (non-hydrogen) atoms. The number of nitrogens with one attached hydrogen (secondary N) is 1. The molecule has 0 aliphatic rings. The van der Waals surface area contributed by atoms with Gasteiger partial charge in [0, 0.05) is 28.8 Å². The van der Waals surface area contributed by atoms with Crippen LogP contribution in [0.3, 0.4) is 0 Å². The van der Waals surface area contributed by atoms with Crippen LogP contribution in [0.4, 0.5) is 13.2 Å². The molecule has 0 amide bonds. The van der Waals surface area contributed by atoms with E-state index in [2.05, 4.69) is 26.2 Å².